The Morgan fingerprint density at radius 1 is 1.43 bits per heavy atom. The van der Waals surface area contributed by atoms with Crippen LogP contribution in [0.1, 0.15) is 19.4 Å². The van der Waals surface area contributed by atoms with Crippen LogP contribution in [-0.4, -0.2) is 12.1 Å². The first kappa shape index (κ1) is 11.0. The van der Waals surface area contributed by atoms with Crippen LogP contribution in [0, 0.1) is 12.7 Å². The smallest absolute Gasteiger partial charge is 0.123 e. The van der Waals surface area contributed by atoms with Gasteiger partial charge in [0.2, 0.25) is 0 Å². The molecule has 0 unspecified atom stereocenters. The maximum atomic E-state index is 12.8. The molecule has 0 aromatic heterocycles. The van der Waals surface area contributed by atoms with E-state index in [4.69, 9.17) is 5.73 Å². The molecule has 1 aromatic carbocycles. The van der Waals surface area contributed by atoms with Crippen molar-refractivity contribution in [2.24, 2.45) is 5.73 Å². The molecule has 2 nitrogen and oxygen atoms in total. The molecule has 3 N–H and O–H groups in total. The molecular weight excluding hydrogens is 179 g/mol. The van der Waals surface area contributed by atoms with Gasteiger partial charge in [-0.05, 0) is 44.5 Å². The van der Waals surface area contributed by atoms with Crippen molar-refractivity contribution in [3.8, 4) is 0 Å². The fourth-order valence-electron chi connectivity index (χ4n) is 1.15. The van der Waals surface area contributed by atoms with E-state index in [-0.39, 0.29) is 11.4 Å². The van der Waals surface area contributed by atoms with Crippen LogP contribution in [0.2, 0.25) is 0 Å². The Balaban J connectivity index is 2.68. The predicted molar refractivity (Wildman–Crippen MR) is 57.9 cm³/mol. The molecule has 0 saturated heterocycles. The Labute approximate surface area is 84.3 Å². The number of nitrogens with two attached hydrogens (primary N) is 1. The van der Waals surface area contributed by atoms with Crippen LogP contribution in [0.3, 0.4) is 0 Å². The summed E-state index contributed by atoms with van der Waals surface area (Å²) < 4.78 is 12.8. The number of halogens is 1. The third-order valence-corrected chi connectivity index (χ3v) is 1.92. The van der Waals surface area contributed by atoms with Gasteiger partial charge in [0.25, 0.3) is 0 Å². The topological polar surface area (TPSA) is 38.0 Å². The lowest BCUT2D eigenvalue weighted by molar-refractivity contribution is 0.549. The molecule has 0 heterocycles. The minimum Gasteiger partial charge on any atom is -0.383 e. The van der Waals surface area contributed by atoms with Gasteiger partial charge in [-0.3, -0.25) is 0 Å². The first-order valence-corrected chi connectivity index (χ1v) is 4.67. The molecule has 1 rings (SSSR count). The summed E-state index contributed by atoms with van der Waals surface area (Å²) in [6.07, 6.45) is 0. The first-order chi connectivity index (χ1) is 6.38. The second-order valence-electron chi connectivity index (χ2n) is 4.30. The summed E-state index contributed by atoms with van der Waals surface area (Å²) in [7, 11) is 0. The average molecular weight is 196 g/mol. The minimum atomic E-state index is -0.263. The number of nitrogens with one attached hydrogen (secondary N) is 1. The van der Waals surface area contributed by atoms with Crippen LogP contribution in [0.15, 0.2) is 18.2 Å². The fraction of sp³-hybridized carbons (Fsp3) is 0.455. The number of hydrogen-bond donors (Lipinski definition) is 2. The fourth-order valence-corrected chi connectivity index (χ4v) is 1.15. The molecule has 0 spiro atoms. The van der Waals surface area contributed by atoms with E-state index >= 15 is 0 Å². The van der Waals surface area contributed by atoms with E-state index in [0.29, 0.717) is 6.54 Å². The molecule has 14 heavy (non-hydrogen) atoms. The van der Waals surface area contributed by atoms with Crippen molar-refractivity contribution in [3.63, 3.8) is 0 Å². The quantitative estimate of drug-likeness (QED) is 0.778. The summed E-state index contributed by atoms with van der Waals surface area (Å²) in [6.45, 7) is 6.42. The minimum absolute atomic E-state index is 0.208. The van der Waals surface area contributed by atoms with Crippen LogP contribution >= 0.6 is 0 Å². The van der Waals surface area contributed by atoms with Crippen LogP contribution < -0.4 is 11.1 Å². The van der Waals surface area contributed by atoms with Crippen molar-refractivity contribution in [3.05, 3.63) is 29.6 Å². The van der Waals surface area contributed by atoms with E-state index in [1.54, 1.807) is 6.07 Å². The molecule has 78 valence electrons. The van der Waals surface area contributed by atoms with Gasteiger partial charge in [-0.25, -0.2) is 4.39 Å². The van der Waals surface area contributed by atoms with Crippen molar-refractivity contribution < 1.29 is 4.39 Å². The van der Waals surface area contributed by atoms with E-state index < -0.39 is 0 Å². The average Bonchev–Trinajstić information content (AvgIpc) is 2.00. The molecule has 0 atom stereocenters. The standard InChI is InChI=1S/C11H17FN2/c1-8-6-9(12)4-5-10(8)14-7-11(2,3)13/h4-6,14H,7,13H2,1-3H3. The van der Waals surface area contributed by atoms with Crippen LogP contribution in [0.5, 0.6) is 0 Å². The van der Waals surface area contributed by atoms with Crippen molar-refractivity contribution >= 4 is 5.69 Å². The normalized spacial score (nSPS) is 11.5. The highest BCUT2D eigenvalue weighted by atomic mass is 19.1. The predicted octanol–water partition coefficient (Wildman–Crippen LogP) is 2.28. The number of rotatable bonds is 3. The van der Waals surface area contributed by atoms with E-state index in [1.165, 1.54) is 12.1 Å². The molecule has 0 bridgehead atoms. The Morgan fingerprint density at radius 2 is 2.07 bits per heavy atom. The molecule has 0 aliphatic carbocycles. The van der Waals surface area contributed by atoms with Crippen molar-refractivity contribution in [2.45, 2.75) is 26.3 Å². The van der Waals surface area contributed by atoms with Crippen molar-refractivity contribution in [1.82, 2.24) is 0 Å². The Kier molecular flexibility index (Phi) is 3.11. The highest BCUT2D eigenvalue weighted by Gasteiger charge is 2.10. The van der Waals surface area contributed by atoms with Gasteiger partial charge in [-0.15, -0.1) is 0 Å². The molecule has 3 heteroatoms. The van der Waals surface area contributed by atoms with Gasteiger partial charge in [0.15, 0.2) is 0 Å². The lowest BCUT2D eigenvalue weighted by atomic mass is 10.1. The van der Waals surface area contributed by atoms with Crippen LogP contribution in [0.4, 0.5) is 10.1 Å². The molecule has 0 fully saturated rings. The maximum Gasteiger partial charge on any atom is 0.123 e. The zero-order chi connectivity index (χ0) is 10.8. The molecule has 0 amide bonds. The highest BCUT2D eigenvalue weighted by Crippen LogP contribution is 2.16. The van der Waals surface area contributed by atoms with E-state index in [0.717, 1.165) is 11.3 Å². The molecule has 0 saturated carbocycles. The number of hydrogen-bond acceptors (Lipinski definition) is 2. The number of anilines is 1. The maximum absolute atomic E-state index is 12.8. The van der Waals surface area contributed by atoms with Crippen LogP contribution in [0.25, 0.3) is 0 Å². The van der Waals surface area contributed by atoms with Crippen molar-refractivity contribution in [2.75, 3.05) is 11.9 Å². The number of aryl methyl sites for hydroxylation is 1. The second-order valence-corrected chi connectivity index (χ2v) is 4.30. The summed E-state index contributed by atoms with van der Waals surface area (Å²) in [5.74, 6) is -0.208. The molecular formula is C11H17FN2. The Hall–Kier alpha value is -1.09. The van der Waals surface area contributed by atoms with E-state index in [2.05, 4.69) is 5.32 Å². The monoisotopic (exact) mass is 196 g/mol. The third-order valence-electron chi connectivity index (χ3n) is 1.92. The summed E-state index contributed by atoms with van der Waals surface area (Å²) in [4.78, 5) is 0. The first-order valence-electron chi connectivity index (χ1n) is 4.67. The SMILES string of the molecule is Cc1cc(F)ccc1NCC(C)(C)N. The Bertz CT molecular complexity index is 316. The van der Waals surface area contributed by atoms with Gasteiger partial charge in [0, 0.05) is 17.8 Å². The molecule has 0 radical (unpaired) electrons. The van der Waals surface area contributed by atoms with Crippen molar-refractivity contribution in [1.29, 1.82) is 0 Å². The van der Waals surface area contributed by atoms with Gasteiger partial charge in [0.05, 0.1) is 0 Å². The van der Waals surface area contributed by atoms with Gasteiger partial charge < -0.3 is 11.1 Å². The zero-order valence-electron chi connectivity index (χ0n) is 8.89. The molecule has 0 aliphatic heterocycles. The Morgan fingerprint density at radius 3 is 2.57 bits per heavy atom. The summed E-state index contributed by atoms with van der Waals surface area (Å²) in [6, 6.07) is 4.68. The van der Waals surface area contributed by atoms with Gasteiger partial charge >= 0.3 is 0 Å². The number of benzene rings is 1. The van der Waals surface area contributed by atoms with Gasteiger partial charge in [-0.2, -0.15) is 0 Å². The molecule has 1 aromatic rings. The highest BCUT2D eigenvalue weighted by molar-refractivity contribution is 5.50. The summed E-state index contributed by atoms with van der Waals surface area (Å²) >= 11 is 0. The zero-order valence-corrected chi connectivity index (χ0v) is 8.89. The second kappa shape index (κ2) is 3.96. The largest absolute Gasteiger partial charge is 0.383 e. The molecule has 0 aliphatic rings. The van der Waals surface area contributed by atoms with Gasteiger partial charge in [-0.1, -0.05) is 0 Å². The van der Waals surface area contributed by atoms with Gasteiger partial charge in [0.1, 0.15) is 5.82 Å². The summed E-state index contributed by atoms with van der Waals surface area (Å²) in [5.41, 5.74) is 7.40. The summed E-state index contributed by atoms with van der Waals surface area (Å²) in [5, 5.41) is 3.19. The van der Waals surface area contributed by atoms with E-state index in [1.807, 2.05) is 20.8 Å². The third kappa shape index (κ3) is 3.34. The van der Waals surface area contributed by atoms with Crippen LogP contribution in [-0.2, 0) is 0 Å². The van der Waals surface area contributed by atoms with E-state index in [9.17, 15) is 4.39 Å². The lowest BCUT2D eigenvalue weighted by Crippen LogP contribution is -2.39. The lowest BCUT2D eigenvalue weighted by Gasteiger charge is -2.20.